The summed E-state index contributed by atoms with van der Waals surface area (Å²) in [6.07, 6.45) is 1.80. The monoisotopic (exact) mass is 391 g/mol. The summed E-state index contributed by atoms with van der Waals surface area (Å²) in [5, 5.41) is 8.96. The van der Waals surface area contributed by atoms with Crippen molar-refractivity contribution in [1.29, 1.82) is 5.26 Å². The number of anilines is 1. The van der Waals surface area contributed by atoms with E-state index >= 15 is 0 Å². The van der Waals surface area contributed by atoms with Crippen molar-refractivity contribution in [3.05, 3.63) is 64.3 Å². The van der Waals surface area contributed by atoms with Gasteiger partial charge in [-0.15, -0.1) is 11.3 Å². The van der Waals surface area contributed by atoms with E-state index in [1.165, 1.54) is 12.1 Å². The fourth-order valence-electron chi connectivity index (χ4n) is 3.04. The van der Waals surface area contributed by atoms with Crippen LogP contribution < -0.4 is 5.73 Å². The Morgan fingerprint density at radius 2 is 2.00 bits per heavy atom. The largest absolute Gasteiger partial charge is 0.398 e. The van der Waals surface area contributed by atoms with E-state index in [2.05, 4.69) is 4.99 Å². The molecule has 0 unspecified atom stereocenters. The maximum atomic E-state index is 14.1. The zero-order valence-corrected chi connectivity index (χ0v) is 16.1. The van der Waals surface area contributed by atoms with Crippen LogP contribution in [0.3, 0.4) is 0 Å². The van der Waals surface area contributed by atoms with Gasteiger partial charge in [0, 0.05) is 32.8 Å². The number of ether oxygens (including phenoxy) is 1. The zero-order chi connectivity index (χ0) is 19.7. The molecule has 4 nitrogen and oxygen atoms in total. The Morgan fingerprint density at radius 1 is 1.21 bits per heavy atom. The first kappa shape index (κ1) is 18.4. The number of benzene rings is 2. The molecule has 0 spiro atoms. The van der Waals surface area contributed by atoms with Crippen LogP contribution in [0.15, 0.2) is 47.5 Å². The minimum Gasteiger partial charge on any atom is -0.398 e. The van der Waals surface area contributed by atoms with Gasteiger partial charge in [-0.3, -0.25) is 4.99 Å². The van der Waals surface area contributed by atoms with E-state index in [1.807, 2.05) is 37.3 Å². The number of aliphatic imine (C=N–C) groups is 1. The van der Waals surface area contributed by atoms with Gasteiger partial charge >= 0.3 is 0 Å². The number of halogens is 1. The van der Waals surface area contributed by atoms with Crippen LogP contribution in [0.1, 0.15) is 16.0 Å². The molecule has 0 bridgehead atoms. The molecule has 0 aliphatic carbocycles. The number of nitrogens with zero attached hydrogens (tertiary/aromatic N) is 2. The minimum absolute atomic E-state index is 0.0446. The van der Waals surface area contributed by atoms with E-state index in [0.717, 1.165) is 32.0 Å². The third kappa shape index (κ3) is 3.55. The molecule has 28 heavy (non-hydrogen) atoms. The van der Waals surface area contributed by atoms with Crippen LogP contribution in [0.2, 0.25) is 0 Å². The third-order valence-electron chi connectivity index (χ3n) is 4.65. The molecule has 3 aromatic rings. The molecule has 1 aliphatic rings. The molecule has 0 radical (unpaired) electrons. The van der Waals surface area contributed by atoms with Crippen LogP contribution in [0.25, 0.3) is 21.6 Å². The second kappa shape index (κ2) is 7.55. The fraction of sp³-hybridized carbons (Fsp3) is 0.182. The van der Waals surface area contributed by atoms with Gasteiger partial charge in [0.25, 0.3) is 0 Å². The highest BCUT2D eigenvalue weighted by atomic mass is 32.1. The van der Waals surface area contributed by atoms with Crippen molar-refractivity contribution in [2.24, 2.45) is 4.99 Å². The standard InChI is InChI=1S/C22H18FN3OS/c1-13-6-19(14-2-3-16(9-24)20(23)8-14)22(28-13)15-4-5-21(25)17(7-15)10-26-18-11-27-12-18/h2-8,10,18H,11-12,25H2,1H3. The number of hydrogen-bond donors (Lipinski definition) is 1. The summed E-state index contributed by atoms with van der Waals surface area (Å²) in [6.45, 7) is 3.32. The van der Waals surface area contributed by atoms with Gasteiger partial charge in [0.15, 0.2) is 0 Å². The van der Waals surface area contributed by atoms with Gasteiger partial charge in [0.05, 0.1) is 24.8 Å². The molecule has 1 saturated heterocycles. The summed E-state index contributed by atoms with van der Waals surface area (Å²) in [6, 6.07) is 14.7. The summed E-state index contributed by atoms with van der Waals surface area (Å²) in [4.78, 5) is 6.65. The summed E-state index contributed by atoms with van der Waals surface area (Å²) in [5.41, 5.74) is 10.4. The van der Waals surface area contributed by atoms with Crippen molar-refractivity contribution in [1.82, 2.24) is 0 Å². The molecular weight excluding hydrogens is 373 g/mol. The molecule has 2 heterocycles. The van der Waals surface area contributed by atoms with Crippen molar-refractivity contribution >= 4 is 23.2 Å². The Balaban J connectivity index is 1.75. The Kier molecular flexibility index (Phi) is 4.95. The summed E-state index contributed by atoms with van der Waals surface area (Å²) >= 11 is 1.64. The Bertz CT molecular complexity index is 1110. The molecule has 0 atom stereocenters. The highest BCUT2D eigenvalue weighted by molar-refractivity contribution is 7.16. The van der Waals surface area contributed by atoms with Gasteiger partial charge in [0.2, 0.25) is 0 Å². The van der Waals surface area contributed by atoms with E-state index < -0.39 is 5.82 Å². The predicted molar refractivity (Wildman–Crippen MR) is 111 cm³/mol. The van der Waals surface area contributed by atoms with Gasteiger partial charge < -0.3 is 10.5 Å². The van der Waals surface area contributed by atoms with E-state index in [0.29, 0.717) is 18.9 Å². The number of thiophene rings is 1. The number of rotatable bonds is 4. The van der Waals surface area contributed by atoms with Crippen LogP contribution in [-0.2, 0) is 4.74 Å². The topological polar surface area (TPSA) is 71.4 Å². The first-order valence-corrected chi connectivity index (χ1v) is 9.68. The summed E-state index contributed by atoms with van der Waals surface area (Å²) in [5.74, 6) is -0.511. The van der Waals surface area contributed by atoms with E-state index in [1.54, 1.807) is 23.6 Å². The highest BCUT2D eigenvalue weighted by Crippen LogP contribution is 2.40. The Morgan fingerprint density at radius 3 is 2.68 bits per heavy atom. The average Bonchev–Trinajstić information content (AvgIpc) is 3.03. The molecule has 2 aromatic carbocycles. The number of hydrogen-bond acceptors (Lipinski definition) is 5. The number of nitrogens with two attached hydrogens (primary N) is 1. The molecule has 1 fully saturated rings. The number of nitrogen functional groups attached to an aromatic ring is 1. The first-order valence-electron chi connectivity index (χ1n) is 8.86. The smallest absolute Gasteiger partial charge is 0.141 e. The van der Waals surface area contributed by atoms with Crippen molar-refractivity contribution in [3.8, 4) is 27.6 Å². The van der Waals surface area contributed by atoms with Gasteiger partial charge in [-0.2, -0.15) is 5.26 Å². The molecule has 0 saturated carbocycles. The lowest BCUT2D eigenvalue weighted by atomic mass is 9.99. The normalized spacial score (nSPS) is 14.2. The summed E-state index contributed by atoms with van der Waals surface area (Å²) < 4.78 is 19.3. The summed E-state index contributed by atoms with van der Waals surface area (Å²) in [7, 11) is 0. The Hall–Kier alpha value is -3.01. The van der Waals surface area contributed by atoms with Crippen molar-refractivity contribution in [2.75, 3.05) is 18.9 Å². The molecule has 1 aromatic heterocycles. The lowest BCUT2D eigenvalue weighted by molar-refractivity contribution is 0.0135. The molecule has 1 aliphatic heterocycles. The van der Waals surface area contributed by atoms with E-state index in [4.69, 9.17) is 15.7 Å². The maximum absolute atomic E-state index is 14.1. The van der Waals surface area contributed by atoms with Crippen LogP contribution in [0, 0.1) is 24.1 Å². The maximum Gasteiger partial charge on any atom is 0.141 e. The van der Waals surface area contributed by atoms with Gasteiger partial charge in [-0.05, 0) is 48.4 Å². The second-order valence-corrected chi connectivity index (χ2v) is 7.98. The third-order valence-corrected chi connectivity index (χ3v) is 5.75. The fourth-order valence-corrected chi connectivity index (χ4v) is 4.07. The van der Waals surface area contributed by atoms with Gasteiger partial charge in [-0.1, -0.05) is 12.1 Å². The van der Waals surface area contributed by atoms with Crippen LogP contribution >= 0.6 is 11.3 Å². The van der Waals surface area contributed by atoms with E-state index in [-0.39, 0.29) is 11.6 Å². The minimum atomic E-state index is -0.511. The predicted octanol–water partition coefficient (Wildman–Crippen LogP) is 4.80. The molecular formula is C22H18FN3OS. The van der Waals surface area contributed by atoms with Crippen molar-refractivity contribution < 1.29 is 9.13 Å². The van der Waals surface area contributed by atoms with Crippen molar-refractivity contribution in [3.63, 3.8) is 0 Å². The number of aryl methyl sites for hydroxylation is 1. The lowest BCUT2D eigenvalue weighted by Gasteiger charge is -2.21. The highest BCUT2D eigenvalue weighted by Gasteiger charge is 2.17. The molecule has 4 rings (SSSR count). The average molecular weight is 391 g/mol. The van der Waals surface area contributed by atoms with Crippen LogP contribution in [0.4, 0.5) is 10.1 Å². The van der Waals surface area contributed by atoms with Crippen molar-refractivity contribution in [2.45, 2.75) is 13.0 Å². The second-order valence-electron chi connectivity index (χ2n) is 6.72. The van der Waals surface area contributed by atoms with Crippen LogP contribution in [0.5, 0.6) is 0 Å². The molecule has 6 heteroatoms. The van der Waals surface area contributed by atoms with Crippen LogP contribution in [-0.4, -0.2) is 25.5 Å². The number of nitriles is 1. The van der Waals surface area contributed by atoms with E-state index in [9.17, 15) is 4.39 Å². The molecule has 2 N–H and O–H groups in total. The first-order chi connectivity index (χ1) is 13.5. The zero-order valence-electron chi connectivity index (χ0n) is 15.3. The Labute approximate surface area is 166 Å². The molecule has 140 valence electrons. The molecule has 0 amide bonds. The lowest BCUT2D eigenvalue weighted by Crippen LogP contribution is -2.31. The quantitative estimate of drug-likeness (QED) is 0.513. The van der Waals surface area contributed by atoms with Gasteiger partial charge in [-0.25, -0.2) is 4.39 Å². The SMILES string of the molecule is Cc1cc(-c2ccc(C#N)c(F)c2)c(-c2ccc(N)c(C=NC3COC3)c2)s1. The van der Waals surface area contributed by atoms with Gasteiger partial charge in [0.1, 0.15) is 11.9 Å².